The van der Waals surface area contributed by atoms with E-state index >= 15 is 0 Å². The van der Waals surface area contributed by atoms with Crippen molar-refractivity contribution in [3.8, 4) is 5.75 Å². The van der Waals surface area contributed by atoms with E-state index in [0.29, 0.717) is 12.0 Å². The minimum atomic E-state index is -0.122. The van der Waals surface area contributed by atoms with Gasteiger partial charge in [-0.2, -0.15) is 0 Å². The van der Waals surface area contributed by atoms with E-state index < -0.39 is 0 Å². The molecule has 0 bridgehead atoms. The first-order chi connectivity index (χ1) is 9.13. The lowest BCUT2D eigenvalue weighted by atomic mass is 10.1. The number of carbonyl (C=O) groups is 1. The summed E-state index contributed by atoms with van der Waals surface area (Å²) >= 11 is 0. The first-order valence-corrected chi connectivity index (χ1v) is 6.84. The second-order valence-electron chi connectivity index (χ2n) is 5.56. The number of hydrogen-bond donors (Lipinski definition) is 1. The summed E-state index contributed by atoms with van der Waals surface area (Å²) in [5.74, 6) is 1.64. The molecule has 19 heavy (non-hydrogen) atoms. The fraction of sp³-hybridized carbons (Fsp3) is 0.533. The fourth-order valence-corrected chi connectivity index (χ4v) is 2.92. The molecule has 4 nitrogen and oxygen atoms in total. The maximum Gasteiger partial charge on any atom is 0.241 e. The maximum absolute atomic E-state index is 12.3. The molecule has 1 saturated carbocycles. The summed E-state index contributed by atoms with van der Waals surface area (Å²) in [5.41, 5.74) is 1.04. The second kappa shape index (κ2) is 4.53. The Morgan fingerprint density at radius 1 is 1.32 bits per heavy atom. The van der Waals surface area contributed by atoms with Gasteiger partial charge in [0, 0.05) is 11.6 Å². The van der Waals surface area contributed by atoms with Crippen molar-refractivity contribution in [3.05, 3.63) is 29.8 Å². The van der Waals surface area contributed by atoms with Crippen LogP contribution in [0.2, 0.25) is 0 Å². The van der Waals surface area contributed by atoms with E-state index in [2.05, 4.69) is 12.2 Å². The van der Waals surface area contributed by atoms with Crippen molar-refractivity contribution in [1.29, 1.82) is 0 Å². The molecule has 1 heterocycles. The van der Waals surface area contributed by atoms with E-state index in [1.165, 1.54) is 0 Å². The molecule has 4 atom stereocenters. The van der Waals surface area contributed by atoms with Gasteiger partial charge in [-0.05, 0) is 25.3 Å². The van der Waals surface area contributed by atoms with Crippen LogP contribution in [0.3, 0.4) is 0 Å². The summed E-state index contributed by atoms with van der Waals surface area (Å²) in [6.07, 6.45) is 1.04. The zero-order valence-electron chi connectivity index (χ0n) is 11.6. The Kier molecular flexibility index (Phi) is 2.97. The molecule has 0 aromatic heterocycles. The number of carbonyl (C=O) groups excluding carboxylic acids is 1. The molecule has 1 aliphatic heterocycles. The van der Waals surface area contributed by atoms with Gasteiger partial charge < -0.3 is 9.64 Å². The first-order valence-electron chi connectivity index (χ1n) is 6.84. The van der Waals surface area contributed by atoms with Crippen molar-refractivity contribution in [2.75, 3.05) is 7.11 Å². The predicted molar refractivity (Wildman–Crippen MR) is 72.7 cm³/mol. The van der Waals surface area contributed by atoms with Crippen molar-refractivity contribution in [2.24, 2.45) is 5.92 Å². The highest BCUT2D eigenvalue weighted by Crippen LogP contribution is 2.43. The third-order valence-electron chi connectivity index (χ3n) is 4.17. The molecule has 4 heteroatoms. The van der Waals surface area contributed by atoms with Crippen LogP contribution < -0.4 is 10.1 Å². The summed E-state index contributed by atoms with van der Waals surface area (Å²) < 4.78 is 5.43. The molecule has 102 valence electrons. The van der Waals surface area contributed by atoms with Crippen LogP contribution in [-0.2, 0) is 4.79 Å². The van der Waals surface area contributed by atoms with Crippen LogP contribution in [-0.4, -0.2) is 30.0 Å². The van der Waals surface area contributed by atoms with Gasteiger partial charge in [0.1, 0.15) is 11.9 Å². The van der Waals surface area contributed by atoms with Crippen LogP contribution in [0.15, 0.2) is 24.3 Å². The fourth-order valence-electron chi connectivity index (χ4n) is 2.92. The highest BCUT2D eigenvalue weighted by molar-refractivity contribution is 5.85. The monoisotopic (exact) mass is 260 g/mol. The minimum Gasteiger partial charge on any atom is -0.496 e. The zero-order chi connectivity index (χ0) is 13.6. The Balaban J connectivity index is 1.96. The van der Waals surface area contributed by atoms with Crippen molar-refractivity contribution < 1.29 is 9.53 Å². The predicted octanol–water partition coefficient (Wildman–Crippen LogP) is 1.92. The van der Waals surface area contributed by atoms with E-state index in [0.717, 1.165) is 17.7 Å². The molecular formula is C15H20N2O2. The summed E-state index contributed by atoms with van der Waals surface area (Å²) in [6.45, 7) is 4.12. The van der Waals surface area contributed by atoms with Gasteiger partial charge in [-0.1, -0.05) is 25.1 Å². The number of methoxy groups -OCH3 is 1. The first kappa shape index (κ1) is 12.5. The highest BCUT2D eigenvalue weighted by atomic mass is 16.5. The van der Waals surface area contributed by atoms with Crippen molar-refractivity contribution in [1.82, 2.24) is 10.2 Å². The average molecular weight is 260 g/mol. The quantitative estimate of drug-likeness (QED) is 0.903. The molecule has 1 saturated heterocycles. The summed E-state index contributed by atoms with van der Waals surface area (Å²) in [6, 6.07) is 8.16. The molecule has 0 spiro atoms. The second-order valence-corrected chi connectivity index (χ2v) is 5.56. The summed E-state index contributed by atoms with van der Waals surface area (Å²) in [7, 11) is 1.67. The molecule has 1 aliphatic carbocycles. The Bertz CT molecular complexity index is 503. The van der Waals surface area contributed by atoms with E-state index in [4.69, 9.17) is 4.74 Å². The van der Waals surface area contributed by atoms with Crippen molar-refractivity contribution >= 4 is 5.91 Å². The number of benzene rings is 1. The lowest BCUT2D eigenvalue weighted by Crippen LogP contribution is -2.33. The van der Waals surface area contributed by atoms with E-state index in [9.17, 15) is 4.79 Å². The van der Waals surface area contributed by atoms with Gasteiger partial charge in [0.15, 0.2) is 0 Å². The standard InChI is InChI=1S/C15H20N2O2/c1-9-8-12(9)17-14(16-10(2)15(17)18)11-6-4-5-7-13(11)19-3/h4-7,9-10,12,14,16H,8H2,1-3H3. The van der Waals surface area contributed by atoms with Crippen LogP contribution in [0.1, 0.15) is 32.0 Å². The van der Waals surface area contributed by atoms with Gasteiger partial charge in [0.25, 0.3) is 0 Å². The Labute approximate surface area is 113 Å². The van der Waals surface area contributed by atoms with E-state index in [1.54, 1.807) is 7.11 Å². The summed E-state index contributed by atoms with van der Waals surface area (Å²) in [5, 5.41) is 3.38. The lowest BCUT2D eigenvalue weighted by molar-refractivity contribution is -0.130. The highest BCUT2D eigenvalue weighted by Gasteiger charge is 2.49. The molecule has 3 rings (SSSR count). The van der Waals surface area contributed by atoms with Gasteiger partial charge in [-0.15, -0.1) is 0 Å². The van der Waals surface area contributed by atoms with Crippen LogP contribution in [0.25, 0.3) is 0 Å². The summed E-state index contributed by atoms with van der Waals surface area (Å²) in [4.78, 5) is 14.3. The molecule has 1 aromatic rings. The minimum absolute atomic E-state index is 0.0615. The third kappa shape index (κ3) is 2.00. The number of nitrogens with one attached hydrogen (secondary N) is 1. The molecule has 0 radical (unpaired) electrons. The number of para-hydroxylation sites is 1. The number of ether oxygens (including phenoxy) is 1. The lowest BCUT2D eigenvalue weighted by Gasteiger charge is -2.26. The Hall–Kier alpha value is -1.55. The van der Waals surface area contributed by atoms with Gasteiger partial charge >= 0.3 is 0 Å². The van der Waals surface area contributed by atoms with E-state index in [1.807, 2.05) is 36.1 Å². The van der Waals surface area contributed by atoms with E-state index in [-0.39, 0.29) is 18.1 Å². The number of amides is 1. The van der Waals surface area contributed by atoms with Gasteiger partial charge in [0.05, 0.1) is 13.2 Å². The molecule has 4 unspecified atom stereocenters. The van der Waals surface area contributed by atoms with Crippen molar-refractivity contribution in [2.45, 2.75) is 38.5 Å². The SMILES string of the molecule is COc1ccccc1C1NC(C)C(=O)N1C1CC1C. The number of nitrogens with zero attached hydrogens (tertiary/aromatic N) is 1. The van der Waals surface area contributed by atoms with Crippen LogP contribution >= 0.6 is 0 Å². The van der Waals surface area contributed by atoms with Crippen LogP contribution in [0.5, 0.6) is 5.75 Å². The topological polar surface area (TPSA) is 41.6 Å². The molecule has 1 amide bonds. The molecule has 2 aliphatic rings. The van der Waals surface area contributed by atoms with Gasteiger partial charge in [0.2, 0.25) is 5.91 Å². The molecule has 1 N–H and O–H groups in total. The Morgan fingerprint density at radius 2 is 2.00 bits per heavy atom. The molecular weight excluding hydrogens is 240 g/mol. The zero-order valence-corrected chi connectivity index (χ0v) is 11.6. The molecule has 1 aromatic carbocycles. The Morgan fingerprint density at radius 3 is 2.63 bits per heavy atom. The number of hydrogen-bond acceptors (Lipinski definition) is 3. The van der Waals surface area contributed by atoms with Crippen LogP contribution in [0, 0.1) is 5.92 Å². The smallest absolute Gasteiger partial charge is 0.241 e. The normalized spacial score (nSPS) is 33.6. The molecule has 2 fully saturated rings. The largest absolute Gasteiger partial charge is 0.496 e. The third-order valence-corrected chi connectivity index (χ3v) is 4.17. The number of rotatable bonds is 3. The maximum atomic E-state index is 12.3. The van der Waals surface area contributed by atoms with Crippen molar-refractivity contribution in [3.63, 3.8) is 0 Å². The van der Waals surface area contributed by atoms with Gasteiger partial charge in [-0.3, -0.25) is 10.1 Å². The van der Waals surface area contributed by atoms with Crippen LogP contribution in [0.4, 0.5) is 0 Å². The average Bonchev–Trinajstić information content (AvgIpc) is 3.06. The van der Waals surface area contributed by atoms with Gasteiger partial charge in [-0.25, -0.2) is 0 Å².